The topological polar surface area (TPSA) is 49.7 Å². The van der Waals surface area contributed by atoms with Crippen molar-refractivity contribution in [1.29, 1.82) is 0 Å². The molecule has 3 rings (SSSR count). The summed E-state index contributed by atoms with van der Waals surface area (Å²) < 4.78 is 38.4. The van der Waals surface area contributed by atoms with Crippen LogP contribution < -0.4 is 0 Å². The van der Waals surface area contributed by atoms with Gasteiger partial charge >= 0.3 is 6.18 Å². The molecule has 0 radical (unpaired) electrons. The third-order valence-corrected chi connectivity index (χ3v) is 5.22. The average molecular weight is 376 g/mol. The zero-order valence-corrected chi connectivity index (χ0v) is 14.6. The molecule has 2 aromatic rings. The summed E-state index contributed by atoms with van der Waals surface area (Å²) >= 11 is 0. The molecular weight excluding hydrogens is 357 g/mol. The maximum atomic E-state index is 12.8. The quantitative estimate of drug-likeness (QED) is 0.737. The number of alkyl halides is 3. The van der Waals surface area contributed by atoms with Gasteiger partial charge in [0.2, 0.25) is 0 Å². The lowest BCUT2D eigenvalue weighted by atomic mass is 9.72. The van der Waals surface area contributed by atoms with E-state index < -0.39 is 23.1 Å². The van der Waals surface area contributed by atoms with E-state index in [2.05, 4.69) is 10.1 Å². The summed E-state index contributed by atoms with van der Waals surface area (Å²) in [5, 5.41) is 2.61. The van der Waals surface area contributed by atoms with Crippen molar-refractivity contribution < 1.29 is 18.0 Å². The predicted octanol–water partition coefficient (Wildman–Crippen LogP) is 4.53. The van der Waals surface area contributed by atoms with Crippen molar-refractivity contribution >= 4 is 5.91 Å². The number of nitrogens with zero attached hydrogens (tertiary/aromatic N) is 2. The molecule has 1 fully saturated rings. The summed E-state index contributed by atoms with van der Waals surface area (Å²) in [7, 11) is 0. The molecule has 1 heterocycles. The highest BCUT2D eigenvalue weighted by Crippen LogP contribution is 2.39. The van der Waals surface area contributed by atoms with Crippen molar-refractivity contribution in [1.82, 2.24) is 4.90 Å². The Morgan fingerprint density at radius 1 is 1.00 bits per heavy atom. The SMILES string of the molecule is O=NC(=O)C1(c2ccc(C(F)(F)F)cc2)CCN(Cc2ccccc2)CC1. The van der Waals surface area contributed by atoms with Gasteiger partial charge in [0, 0.05) is 11.7 Å². The Hall–Kier alpha value is -2.54. The van der Waals surface area contributed by atoms with Gasteiger partial charge in [0.1, 0.15) is 0 Å². The molecule has 0 spiro atoms. The van der Waals surface area contributed by atoms with Gasteiger partial charge in [-0.25, -0.2) is 0 Å². The zero-order chi connectivity index (χ0) is 19.5. The molecule has 0 aromatic heterocycles. The van der Waals surface area contributed by atoms with Crippen LogP contribution in [0.1, 0.15) is 29.5 Å². The van der Waals surface area contributed by atoms with Crippen LogP contribution in [0.5, 0.6) is 0 Å². The van der Waals surface area contributed by atoms with Crippen LogP contribution in [-0.2, 0) is 22.9 Å². The summed E-state index contributed by atoms with van der Waals surface area (Å²) in [6.45, 7) is 1.82. The predicted molar refractivity (Wildman–Crippen MR) is 94.9 cm³/mol. The lowest BCUT2D eigenvalue weighted by molar-refractivity contribution is -0.137. The Kier molecular flexibility index (Phi) is 5.41. The Balaban J connectivity index is 1.79. The number of amides is 1. The second kappa shape index (κ2) is 7.60. The molecule has 1 aliphatic heterocycles. The van der Waals surface area contributed by atoms with Crippen molar-refractivity contribution in [3.8, 4) is 0 Å². The molecule has 4 nitrogen and oxygen atoms in total. The van der Waals surface area contributed by atoms with E-state index in [1.165, 1.54) is 12.1 Å². The van der Waals surface area contributed by atoms with Crippen LogP contribution in [-0.4, -0.2) is 23.9 Å². The normalized spacial score (nSPS) is 17.4. The van der Waals surface area contributed by atoms with Gasteiger partial charge < -0.3 is 0 Å². The number of halogens is 3. The first kappa shape index (κ1) is 19.2. The van der Waals surface area contributed by atoms with Crippen molar-refractivity contribution in [2.75, 3.05) is 13.1 Å². The van der Waals surface area contributed by atoms with E-state index in [1.54, 1.807) is 0 Å². The Labute approximate surface area is 155 Å². The van der Waals surface area contributed by atoms with Gasteiger partial charge in [0.05, 0.1) is 11.0 Å². The van der Waals surface area contributed by atoms with E-state index in [1.807, 2.05) is 30.3 Å². The number of hydrogen-bond acceptors (Lipinski definition) is 3. The summed E-state index contributed by atoms with van der Waals surface area (Å²) in [5.74, 6) is -0.818. The van der Waals surface area contributed by atoms with Crippen LogP contribution in [0.4, 0.5) is 13.2 Å². The molecule has 1 amide bonds. The van der Waals surface area contributed by atoms with Crippen LogP contribution in [0.2, 0.25) is 0 Å². The molecule has 7 heteroatoms. The molecule has 27 heavy (non-hydrogen) atoms. The molecule has 2 aromatic carbocycles. The molecule has 0 saturated carbocycles. The van der Waals surface area contributed by atoms with Crippen molar-refractivity contribution in [3.63, 3.8) is 0 Å². The zero-order valence-electron chi connectivity index (χ0n) is 14.6. The molecule has 0 bridgehead atoms. The number of hydrogen-bond donors (Lipinski definition) is 0. The van der Waals surface area contributed by atoms with Crippen LogP contribution in [0.15, 0.2) is 59.8 Å². The number of carbonyl (C=O) groups is 1. The highest BCUT2D eigenvalue weighted by molar-refractivity contribution is 5.89. The largest absolute Gasteiger partial charge is 0.416 e. The van der Waals surface area contributed by atoms with E-state index in [0.29, 0.717) is 38.0 Å². The first-order chi connectivity index (χ1) is 12.8. The summed E-state index contributed by atoms with van der Waals surface area (Å²) in [6, 6.07) is 14.3. The Morgan fingerprint density at radius 3 is 2.11 bits per heavy atom. The van der Waals surface area contributed by atoms with E-state index in [-0.39, 0.29) is 0 Å². The molecular formula is C20H19F3N2O2. The lowest BCUT2D eigenvalue weighted by Gasteiger charge is -2.39. The highest BCUT2D eigenvalue weighted by Gasteiger charge is 2.44. The Morgan fingerprint density at radius 2 is 1.59 bits per heavy atom. The maximum absolute atomic E-state index is 12.8. The first-order valence-electron chi connectivity index (χ1n) is 8.67. The van der Waals surface area contributed by atoms with Crippen molar-refractivity contribution in [3.05, 3.63) is 76.2 Å². The summed E-state index contributed by atoms with van der Waals surface area (Å²) in [4.78, 5) is 25.5. The standard InChI is InChI=1S/C20H19F3N2O2/c21-20(22,23)17-8-6-16(7-9-17)19(18(26)24-27)10-12-25(13-11-19)14-15-4-2-1-3-5-15/h1-9H,10-14H2. The number of benzene rings is 2. The van der Waals surface area contributed by atoms with Gasteiger partial charge in [-0.15, -0.1) is 4.91 Å². The maximum Gasteiger partial charge on any atom is 0.416 e. The fourth-order valence-corrected chi connectivity index (χ4v) is 3.63. The summed E-state index contributed by atoms with van der Waals surface area (Å²) in [6.07, 6.45) is -3.76. The van der Waals surface area contributed by atoms with E-state index >= 15 is 0 Å². The fraction of sp³-hybridized carbons (Fsp3) is 0.350. The van der Waals surface area contributed by atoms with Gasteiger partial charge in [-0.1, -0.05) is 42.5 Å². The minimum absolute atomic E-state index is 0.343. The molecule has 1 aliphatic rings. The van der Waals surface area contributed by atoms with E-state index in [0.717, 1.165) is 17.7 Å². The fourth-order valence-electron chi connectivity index (χ4n) is 3.63. The van der Waals surface area contributed by atoms with Crippen LogP contribution in [0.25, 0.3) is 0 Å². The first-order valence-corrected chi connectivity index (χ1v) is 8.67. The lowest BCUT2D eigenvalue weighted by Crippen LogP contribution is -2.46. The highest BCUT2D eigenvalue weighted by atomic mass is 19.4. The molecule has 1 saturated heterocycles. The van der Waals surface area contributed by atoms with Gasteiger partial charge in [-0.05, 0) is 49.2 Å². The average Bonchev–Trinajstić information content (AvgIpc) is 2.68. The number of likely N-dealkylation sites (tertiary alicyclic amines) is 1. The summed E-state index contributed by atoms with van der Waals surface area (Å²) in [5.41, 5.74) is -0.382. The number of piperidine rings is 1. The van der Waals surface area contributed by atoms with Crippen LogP contribution >= 0.6 is 0 Å². The van der Waals surface area contributed by atoms with Gasteiger partial charge in [0.15, 0.2) is 0 Å². The monoisotopic (exact) mass is 376 g/mol. The van der Waals surface area contributed by atoms with Crippen LogP contribution in [0, 0.1) is 4.91 Å². The molecule has 0 aliphatic carbocycles. The second-order valence-corrected chi connectivity index (χ2v) is 6.82. The smallest absolute Gasteiger partial charge is 0.299 e. The number of nitroso groups, excluding NO2 is 1. The molecule has 0 N–H and O–H groups in total. The van der Waals surface area contributed by atoms with Gasteiger partial charge in [-0.3, -0.25) is 9.69 Å². The van der Waals surface area contributed by atoms with Crippen LogP contribution in [0.3, 0.4) is 0 Å². The third kappa shape index (κ3) is 4.08. The van der Waals surface area contributed by atoms with Gasteiger partial charge in [-0.2, -0.15) is 13.2 Å². The Bertz CT molecular complexity index is 796. The minimum Gasteiger partial charge on any atom is -0.299 e. The van der Waals surface area contributed by atoms with Gasteiger partial charge in [0.25, 0.3) is 5.91 Å². The number of rotatable bonds is 4. The van der Waals surface area contributed by atoms with Crippen molar-refractivity contribution in [2.24, 2.45) is 5.18 Å². The second-order valence-electron chi connectivity index (χ2n) is 6.82. The third-order valence-electron chi connectivity index (χ3n) is 5.22. The van der Waals surface area contributed by atoms with E-state index in [9.17, 15) is 22.9 Å². The minimum atomic E-state index is -4.45. The van der Waals surface area contributed by atoms with Crippen molar-refractivity contribution in [2.45, 2.75) is 31.0 Å². The molecule has 0 atom stereocenters. The molecule has 0 unspecified atom stereocenters. The number of carbonyl (C=O) groups excluding carboxylic acids is 1. The molecule has 142 valence electrons. The van der Waals surface area contributed by atoms with E-state index in [4.69, 9.17) is 0 Å².